The smallest absolute Gasteiger partial charge is 0.119 e. The van der Waals surface area contributed by atoms with E-state index in [2.05, 4.69) is 6.92 Å². The Morgan fingerprint density at radius 1 is 1.38 bits per heavy atom. The topological polar surface area (TPSA) is 9.23 Å². The first-order chi connectivity index (χ1) is 6.24. The van der Waals surface area contributed by atoms with Crippen molar-refractivity contribution < 1.29 is 4.74 Å². The molecule has 0 amide bonds. The fourth-order valence-electron chi connectivity index (χ4n) is 1.04. The highest BCUT2D eigenvalue weighted by molar-refractivity contribution is 6.31. The Balaban J connectivity index is 2.53. The maximum Gasteiger partial charge on any atom is 0.119 e. The molecular weight excluding hydrogens is 184 g/mol. The van der Waals surface area contributed by atoms with E-state index in [4.69, 9.17) is 16.3 Å². The van der Waals surface area contributed by atoms with Crippen LogP contribution >= 0.6 is 11.6 Å². The second-order valence-corrected chi connectivity index (χ2v) is 3.52. The van der Waals surface area contributed by atoms with E-state index in [1.807, 2.05) is 25.1 Å². The monoisotopic (exact) mass is 198 g/mol. The van der Waals surface area contributed by atoms with E-state index in [9.17, 15) is 0 Å². The van der Waals surface area contributed by atoms with Gasteiger partial charge in [0, 0.05) is 5.02 Å². The molecule has 1 rings (SSSR count). The highest BCUT2D eigenvalue weighted by Crippen LogP contribution is 2.21. The average molecular weight is 199 g/mol. The van der Waals surface area contributed by atoms with Crippen LogP contribution in [0.15, 0.2) is 18.2 Å². The van der Waals surface area contributed by atoms with Gasteiger partial charge in [0.25, 0.3) is 0 Å². The van der Waals surface area contributed by atoms with Crippen molar-refractivity contribution in [3.05, 3.63) is 28.8 Å². The van der Waals surface area contributed by atoms with Crippen molar-refractivity contribution in [1.29, 1.82) is 0 Å². The minimum Gasteiger partial charge on any atom is -0.494 e. The number of aryl methyl sites for hydroxylation is 1. The Morgan fingerprint density at radius 2 is 2.15 bits per heavy atom. The third kappa shape index (κ3) is 3.27. The maximum absolute atomic E-state index is 5.89. The molecule has 0 fully saturated rings. The predicted octanol–water partition coefficient (Wildman–Crippen LogP) is 3.83. The molecule has 1 nitrogen and oxygen atoms in total. The molecule has 1 aromatic rings. The zero-order valence-electron chi connectivity index (χ0n) is 8.14. The van der Waals surface area contributed by atoms with E-state index < -0.39 is 0 Å². The molecule has 2 heteroatoms. The van der Waals surface area contributed by atoms with E-state index >= 15 is 0 Å². The molecule has 13 heavy (non-hydrogen) atoms. The van der Waals surface area contributed by atoms with Crippen LogP contribution < -0.4 is 4.74 Å². The van der Waals surface area contributed by atoms with E-state index in [-0.39, 0.29) is 0 Å². The predicted molar refractivity (Wildman–Crippen MR) is 56.6 cm³/mol. The van der Waals surface area contributed by atoms with Crippen molar-refractivity contribution in [2.75, 3.05) is 6.61 Å². The van der Waals surface area contributed by atoms with Gasteiger partial charge in [-0.2, -0.15) is 0 Å². The standard InChI is InChI=1S/C11H15ClO/c1-3-4-7-13-10-5-6-11(12)9(2)8-10/h5-6,8H,3-4,7H2,1-2H3. The van der Waals surface area contributed by atoms with E-state index in [1.54, 1.807) is 0 Å². The van der Waals surface area contributed by atoms with Gasteiger partial charge in [0.1, 0.15) is 5.75 Å². The first kappa shape index (κ1) is 10.4. The SMILES string of the molecule is CCCCOc1ccc(Cl)c(C)c1. The van der Waals surface area contributed by atoms with Crippen molar-refractivity contribution in [1.82, 2.24) is 0 Å². The Labute approximate surface area is 84.7 Å². The van der Waals surface area contributed by atoms with Crippen LogP contribution in [0.1, 0.15) is 25.3 Å². The summed E-state index contributed by atoms with van der Waals surface area (Å²) in [5.41, 5.74) is 1.07. The first-order valence-corrected chi connectivity index (χ1v) is 5.00. The summed E-state index contributed by atoms with van der Waals surface area (Å²) in [4.78, 5) is 0. The van der Waals surface area contributed by atoms with Crippen LogP contribution in [0.2, 0.25) is 5.02 Å². The van der Waals surface area contributed by atoms with Crippen molar-refractivity contribution in [3.63, 3.8) is 0 Å². The van der Waals surface area contributed by atoms with Gasteiger partial charge in [0.2, 0.25) is 0 Å². The molecular formula is C11H15ClO. The van der Waals surface area contributed by atoms with Crippen LogP contribution in [0.4, 0.5) is 0 Å². The molecule has 0 atom stereocenters. The van der Waals surface area contributed by atoms with Gasteiger partial charge in [0.05, 0.1) is 6.61 Å². The van der Waals surface area contributed by atoms with E-state index in [0.29, 0.717) is 0 Å². The first-order valence-electron chi connectivity index (χ1n) is 4.63. The summed E-state index contributed by atoms with van der Waals surface area (Å²) in [5.74, 6) is 0.912. The van der Waals surface area contributed by atoms with Gasteiger partial charge < -0.3 is 4.74 Å². The van der Waals surface area contributed by atoms with Crippen LogP contribution in [0, 0.1) is 6.92 Å². The number of halogens is 1. The van der Waals surface area contributed by atoms with Crippen molar-refractivity contribution >= 4 is 11.6 Å². The Kier molecular flexibility index (Phi) is 4.10. The van der Waals surface area contributed by atoms with E-state index in [0.717, 1.165) is 35.8 Å². The summed E-state index contributed by atoms with van der Waals surface area (Å²) < 4.78 is 5.52. The number of unbranched alkanes of at least 4 members (excludes halogenated alkanes) is 1. The lowest BCUT2D eigenvalue weighted by Crippen LogP contribution is -1.96. The third-order valence-electron chi connectivity index (χ3n) is 1.90. The van der Waals surface area contributed by atoms with Crippen LogP contribution in [0.3, 0.4) is 0 Å². The summed E-state index contributed by atoms with van der Waals surface area (Å²) in [5, 5.41) is 0.794. The quantitative estimate of drug-likeness (QED) is 0.669. The Morgan fingerprint density at radius 3 is 2.77 bits per heavy atom. The van der Waals surface area contributed by atoms with Crippen LogP contribution in [0.25, 0.3) is 0 Å². The zero-order valence-corrected chi connectivity index (χ0v) is 8.90. The summed E-state index contributed by atoms with van der Waals surface area (Å²) >= 11 is 5.89. The molecule has 0 saturated heterocycles. The minimum atomic E-state index is 0.789. The number of rotatable bonds is 4. The van der Waals surface area contributed by atoms with Gasteiger partial charge >= 0.3 is 0 Å². The highest BCUT2D eigenvalue weighted by atomic mass is 35.5. The lowest BCUT2D eigenvalue weighted by atomic mass is 10.2. The second kappa shape index (κ2) is 5.13. The van der Waals surface area contributed by atoms with Gasteiger partial charge in [-0.1, -0.05) is 24.9 Å². The highest BCUT2D eigenvalue weighted by Gasteiger charge is 1.97. The van der Waals surface area contributed by atoms with Crippen LogP contribution in [-0.2, 0) is 0 Å². The molecule has 0 radical (unpaired) electrons. The largest absolute Gasteiger partial charge is 0.494 e. The van der Waals surface area contributed by atoms with Gasteiger partial charge in [-0.15, -0.1) is 0 Å². The summed E-state index contributed by atoms with van der Waals surface area (Å²) in [6.07, 6.45) is 2.26. The summed E-state index contributed by atoms with van der Waals surface area (Å²) in [6, 6.07) is 5.75. The fraction of sp³-hybridized carbons (Fsp3) is 0.455. The molecule has 1 aromatic carbocycles. The third-order valence-corrected chi connectivity index (χ3v) is 2.32. The normalized spacial score (nSPS) is 10.1. The number of ether oxygens (including phenoxy) is 1. The van der Waals surface area contributed by atoms with Crippen molar-refractivity contribution in [3.8, 4) is 5.75 Å². The maximum atomic E-state index is 5.89. The molecule has 0 bridgehead atoms. The molecule has 0 saturated carbocycles. The van der Waals surface area contributed by atoms with Crippen LogP contribution in [0.5, 0.6) is 5.75 Å². The number of hydrogen-bond acceptors (Lipinski definition) is 1. The molecule has 0 aliphatic carbocycles. The van der Waals surface area contributed by atoms with Gasteiger partial charge in [-0.25, -0.2) is 0 Å². The molecule has 0 N–H and O–H groups in total. The second-order valence-electron chi connectivity index (χ2n) is 3.11. The van der Waals surface area contributed by atoms with Crippen LogP contribution in [-0.4, -0.2) is 6.61 Å². The Hall–Kier alpha value is -0.690. The summed E-state index contributed by atoms with van der Waals surface area (Å²) in [6.45, 7) is 4.92. The Bertz CT molecular complexity index is 271. The van der Waals surface area contributed by atoms with Gasteiger partial charge in [-0.3, -0.25) is 0 Å². The number of hydrogen-bond donors (Lipinski definition) is 0. The van der Waals surface area contributed by atoms with E-state index in [1.165, 1.54) is 0 Å². The molecule has 72 valence electrons. The van der Waals surface area contributed by atoms with Gasteiger partial charge in [-0.05, 0) is 37.1 Å². The zero-order chi connectivity index (χ0) is 9.68. The lowest BCUT2D eigenvalue weighted by Gasteiger charge is -2.06. The molecule has 0 aliphatic rings. The molecule has 0 unspecified atom stereocenters. The summed E-state index contributed by atoms with van der Waals surface area (Å²) in [7, 11) is 0. The molecule has 0 heterocycles. The van der Waals surface area contributed by atoms with Gasteiger partial charge in [0.15, 0.2) is 0 Å². The van der Waals surface area contributed by atoms with Crippen molar-refractivity contribution in [2.24, 2.45) is 0 Å². The number of benzene rings is 1. The molecule has 0 aliphatic heterocycles. The fourth-order valence-corrected chi connectivity index (χ4v) is 1.16. The minimum absolute atomic E-state index is 0.789. The van der Waals surface area contributed by atoms with Crippen molar-refractivity contribution in [2.45, 2.75) is 26.7 Å². The lowest BCUT2D eigenvalue weighted by molar-refractivity contribution is 0.309. The molecule has 0 spiro atoms. The molecule has 0 aromatic heterocycles. The average Bonchev–Trinajstić information content (AvgIpc) is 2.12.